The summed E-state index contributed by atoms with van der Waals surface area (Å²) < 4.78 is 19.4. The topological polar surface area (TPSA) is 48.1 Å². The Morgan fingerprint density at radius 1 is 1.14 bits per heavy atom. The third-order valence-corrected chi connectivity index (χ3v) is 3.30. The minimum absolute atomic E-state index is 0.167. The molecule has 0 radical (unpaired) electrons. The molecular formula is C17H15FN2O. The number of hydrogen-bond donors (Lipinski definition) is 1. The molecule has 21 heavy (non-hydrogen) atoms. The smallest absolute Gasteiger partial charge is 0.220 e. The zero-order valence-corrected chi connectivity index (χ0v) is 11.6. The summed E-state index contributed by atoms with van der Waals surface area (Å²) in [6, 6.07) is 14.2. The maximum absolute atomic E-state index is 13.8. The van der Waals surface area contributed by atoms with E-state index in [1.54, 1.807) is 18.2 Å². The number of pyridine rings is 1. The molecule has 2 aromatic carbocycles. The molecule has 0 amide bonds. The fourth-order valence-electron chi connectivity index (χ4n) is 2.24. The number of fused-ring (bicyclic) bond motifs is 1. The third-order valence-electron chi connectivity index (χ3n) is 3.30. The molecule has 1 aromatic heterocycles. The van der Waals surface area contributed by atoms with E-state index in [1.807, 2.05) is 31.2 Å². The molecule has 0 bridgehead atoms. The molecule has 0 unspecified atom stereocenters. The molecule has 3 rings (SSSR count). The highest BCUT2D eigenvalue weighted by Gasteiger charge is 2.09. The average molecular weight is 282 g/mol. The van der Waals surface area contributed by atoms with Crippen LogP contribution in [0.4, 0.5) is 4.39 Å². The van der Waals surface area contributed by atoms with E-state index in [0.29, 0.717) is 12.4 Å². The van der Waals surface area contributed by atoms with Crippen molar-refractivity contribution in [2.45, 2.75) is 13.5 Å². The molecule has 0 atom stereocenters. The number of halogens is 1. The second-order valence-corrected chi connectivity index (χ2v) is 4.88. The fraction of sp³-hybridized carbons (Fsp3) is 0.118. The molecule has 0 fully saturated rings. The van der Waals surface area contributed by atoms with Gasteiger partial charge in [-0.15, -0.1) is 0 Å². The van der Waals surface area contributed by atoms with Crippen molar-refractivity contribution in [3.63, 3.8) is 0 Å². The van der Waals surface area contributed by atoms with E-state index in [-0.39, 0.29) is 5.75 Å². The van der Waals surface area contributed by atoms with Crippen molar-refractivity contribution in [1.29, 1.82) is 0 Å². The molecule has 4 heteroatoms. The van der Waals surface area contributed by atoms with Gasteiger partial charge in [0.25, 0.3) is 0 Å². The Morgan fingerprint density at radius 3 is 2.76 bits per heavy atom. The van der Waals surface area contributed by atoms with Gasteiger partial charge in [0, 0.05) is 18.0 Å². The molecule has 0 saturated heterocycles. The van der Waals surface area contributed by atoms with Crippen LogP contribution in [0.1, 0.15) is 11.1 Å². The Balaban J connectivity index is 2.06. The Morgan fingerprint density at radius 2 is 1.95 bits per heavy atom. The predicted octanol–water partition coefficient (Wildman–Crippen LogP) is 3.93. The van der Waals surface area contributed by atoms with Gasteiger partial charge in [-0.2, -0.15) is 0 Å². The molecular weight excluding hydrogens is 267 g/mol. The van der Waals surface area contributed by atoms with Gasteiger partial charge in [-0.3, -0.25) is 0 Å². The Kier molecular flexibility index (Phi) is 3.54. The number of benzene rings is 2. The molecule has 3 aromatic rings. The number of rotatable bonds is 3. The Hall–Kier alpha value is -2.46. The highest BCUT2D eigenvalue weighted by Crippen LogP contribution is 2.27. The number of nitrogens with zero attached hydrogens (tertiary/aromatic N) is 1. The second kappa shape index (κ2) is 5.50. The molecule has 0 aliphatic carbocycles. The highest BCUT2D eigenvalue weighted by atomic mass is 19.1. The lowest BCUT2D eigenvalue weighted by molar-refractivity contribution is 0.428. The molecule has 106 valence electrons. The summed E-state index contributed by atoms with van der Waals surface area (Å²) in [7, 11) is 0. The summed E-state index contributed by atoms with van der Waals surface area (Å²) in [5, 5.41) is 0.983. The van der Waals surface area contributed by atoms with Crippen molar-refractivity contribution in [1.82, 2.24) is 4.98 Å². The maximum Gasteiger partial charge on any atom is 0.220 e. The van der Waals surface area contributed by atoms with Crippen LogP contribution in [0.15, 0.2) is 48.5 Å². The standard InChI is InChI=1S/C17H15FN2O/c1-11-6-7-14(18)16(8-11)21-17-9-12(10-19)13-4-2-3-5-15(13)20-17/h2-9H,10,19H2,1H3. The quantitative estimate of drug-likeness (QED) is 0.791. The number of para-hydroxylation sites is 1. The molecule has 0 aliphatic rings. The molecule has 2 N–H and O–H groups in total. The Labute approximate surface area is 122 Å². The number of nitrogens with two attached hydrogens (primary N) is 1. The number of ether oxygens (including phenoxy) is 1. The van der Waals surface area contributed by atoms with E-state index < -0.39 is 5.82 Å². The normalized spacial score (nSPS) is 10.8. The van der Waals surface area contributed by atoms with Crippen LogP contribution in [0.2, 0.25) is 0 Å². The van der Waals surface area contributed by atoms with Gasteiger partial charge < -0.3 is 10.5 Å². The van der Waals surface area contributed by atoms with E-state index >= 15 is 0 Å². The lowest BCUT2D eigenvalue weighted by Crippen LogP contribution is -2.00. The highest BCUT2D eigenvalue weighted by molar-refractivity contribution is 5.82. The average Bonchev–Trinajstić information content (AvgIpc) is 2.50. The molecule has 0 spiro atoms. The van der Waals surface area contributed by atoms with E-state index in [2.05, 4.69) is 4.98 Å². The van der Waals surface area contributed by atoms with E-state index in [9.17, 15) is 4.39 Å². The van der Waals surface area contributed by atoms with E-state index in [1.165, 1.54) is 6.07 Å². The third kappa shape index (κ3) is 2.71. The zero-order valence-electron chi connectivity index (χ0n) is 11.6. The first kappa shape index (κ1) is 13.5. The minimum Gasteiger partial charge on any atom is -0.436 e. The van der Waals surface area contributed by atoms with Crippen molar-refractivity contribution in [3.05, 3.63) is 65.5 Å². The van der Waals surface area contributed by atoms with Crippen molar-refractivity contribution in [2.75, 3.05) is 0 Å². The summed E-state index contributed by atoms with van der Waals surface area (Å²) >= 11 is 0. The fourth-order valence-corrected chi connectivity index (χ4v) is 2.24. The summed E-state index contributed by atoms with van der Waals surface area (Å²) in [6.45, 7) is 2.25. The van der Waals surface area contributed by atoms with Gasteiger partial charge in [-0.25, -0.2) is 9.37 Å². The zero-order chi connectivity index (χ0) is 14.8. The maximum atomic E-state index is 13.8. The van der Waals surface area contributed by atoms with Crippen LogP contribution < -0.4 is 10.5 Å². The predicted molar refractivity (Wildman–Crippen MR) is 80.8 cm³/mol. The summed E-state index contributed by atoms with van der Waals surface area (Å²) in [5.74, 6) is 0.101. The monoisotopic (exact) mass is 282 g/mol. The molecule has 0 saturated carbocycles. The van der Waals surface area contributed by atoms with Gasteiger partial charge in [-0.1, -0.05) is 24.3 Å². The molecule has 0 aliphatic heterocycles. The largest absolute Gasteiger partial charge is 0.436 e. The van der Waals surface area contributed by atoms with Crippen molar-refractivity contribution >= 4 is 10.9 Å². The summed E-state index contributed by atoms with van der Waals surface area (Å²) in [6.07, 6.45) is 0. The number of aryl methyl sites for hydroxylation is 1. The van der Waals surface area contributed by atoms with Crippen LogP contribution in [-0.2, 0) is 6.54 Å². The van der Waals surface area contributed by atoms with Crippen LogP contribution in [0.5, 0.6) is 11.6 Å². The van der Waals surface area contributed by atoms with E-state index in [4.69, 9.17) is 10.5 Å². The lowest BCUT2D eigenvalue weighted by Gasteiger charge is -2.10. The van der Waals surface area contributed by atoms with Gasteiger partial charge >= 0.3 is 0 Å². The van der Waals surface area contributed by atoms with Crippen molar-refractivity contribution < 1.29 is 9.13 Å². The molecule has 3 nitrogen and oxygen atoms in total. The SMILES string of the molecule is Cc1ccc(F)c(Oc2cc(CN)c3ccccc3n2)c1. The lowest BCUT2D eigenvalue weighted by atomic mass is 10.1. The van der Waals surface area contributed by atoms with Crippen molar-refractivity contribution in [3.8, 4) is 11.6 Å². The Bertz CT molecular complexity index is 802. The first-order chi connectivity index (χ1) is 10.2. The summed E-state index contributed by atoms with van der Waals surface area (Å²) in [5.41, 5.74) is 8.40. The summed E-state index contributed by atoms with van der Waals surface area (Å²) in [4.78, 5) is 4.41. The van der Waals surface area contributed by atoms with Crippen LogP contribution in [0.25, 0.3) is 10.9 Å². The van der Waals surface area contributed by atoms with Gasteiger partial charge in [-0.05, 0) is 36.2 Å². The first-order valence-corrected chi connectivity index (χ1v) is 6.70. The minimum atomic E-state index is -0.412. The van der Waals surface area contributed by atoms with Crippen LogP contribution >= 0.6 is 0 Å². The second-order valence-electron chi connectivity index (χ2n) is 4.88. The molecule has 1 heterocycles. The van der Waals surface area contributed by atoms with Crippen LogP contribution in [0.3, 0.4) is 0 Å². The van der Waals surface area contributed by atoms with Gasteiger partial charge in [0.2, 0.25) is 5.88 Å². The number of hydrogen-bond acceptors (Lipinski definition) is 3. The van der Waals surface area contributed by atoms with E-state index in [0.717, 1.165) is 22.0 Å². The van der Waals surface area contributed by atoms with Gasteiger partial charge in [0.15, 0.2) is 11.6 Å². The number of aromatic nitrogens is 1. The van der Waals surface area contributed by atoms with Crippen LogP contribution in [-0.4, -0.2) is 4.98 Å². The van der Waals surface area contributed by atoms with Crippen LogP contribution in [0, 0.1) is 12.7 Å². The van der Waals surface area contributed by atoms with Crippen molar-refractivity contribution in [2.24, 2.45) is 5.73 Å². The van der Waals surface area contributed by atoms with Gasteiger partial charge in [0.05, 0.1) is 5.52 Å². The van der Waals surface area contributed by atoms with Gasteiger partial charge in [0.1, 0.15) is 0 Å². The first-order valence-electron chi connectivity index (χ1n) is 6.70.